The summed E-state index contributed by atoms with van der Waals surface area (Å²) in [5, 5.41) is 11.2. The van der Waals surface area contributed by atoms with Gasteiger partial charge in [0.15, 0.2) is 0 Å². The molecule has 0 spiro atoms. The van der Waals surface area contributed by atoms with Crippen LogP contribution in [0.4, 0.5) is 5.82 Å². The minimum atomic E-state index is -0.222. The van der Waals surface area contributed by atoms with Crippen LogP contribution in [0, 0.1) is 5.92 Å². The Labute approximate surface area is 207 Å². The molecular weight excluding hydrogens is 442 g/mol. The molecule has 1 aromatic carbocycles. The Balaban J connectivity index is 1.45. The number of amides is 1. The zero-order valence-electron chi connectivity index (χ0n) is 20.3. The molecule has 0 atom stereocenters. The number of nitrogens with zero attached hydrogens (tertiary/aromatic N) is 3. The molecule has 1 amide bonds. The molecule has 5 rings (SSSR count). The highest BCUT2D eigenvalue weighted by molar-refractivity contribution is 7.98. The Kier molecular flexibility index (Phi) is 7.45. The van der Waals surface area contributed by atoms with Gasteiger partial charge in [0, 0.05) is 47.9 Å². The number of thioether (sulfide) groups is 1. The van der Waals surface area contributed by atoms with Gasteiger partial charge in [-0.15, -0.1) is 11.8 Å². The quantitative estimate of drug-likeness (QED) is 0.398. The molecule has 1 saturated heterocycles. The van der Waals surface area contributed by atoms with Crippen molar-refractivity contribution in [3.8, 4) is 0 Å². The molecule has 0 unspecified atom stereocenters. The van der Waals surface area contributed by atoms with E-state index >= 15 is 0 Å². The number of rotatable bonds is 8. The lowest BCUT2D eigenvalue weighted by molar-refractivity contribution is -0.133. The third kappa shape index (κ3) is 5.60. The first-order valence-electron chi connectivity index (χ1n) is 13.0. The number of hydrogen-bond acceptors (Lipinski definition) is 5. The van der Waals surface area contributed by atoms with Crippen molar-refractivity contribution >= 4 is 34.4 Å². The Morgan fingerprint density at radius 1 is 1.18 bits per heavy atom. The Morgan fingerprint density at radius 2 is 2.00 bits per heavy atom. The van der Waals surface area contributed by atoms with Crippen molar-refractivity contribution in [2.24, 2.45) is 5.92 Å². The molecule has 182 valence electrons. The molecule has 5 nitrogen and oxygen atoms in total. The van der Waals surface area contributed by atoms with Gasteiger partial charge in [-0.1, -0.05) is 17.7 Å². The molecule has 1 saturated carbocycles. The van der Waals surface area contributed by atoms with Gasteiger partial charge < -0.3 is 14.9 Å². The highest BCUT2D eigenvalue weighted by atomic mass is 32.2. The van der Waals surface area contributed by atoms with Crippen LogP contribution in [0.25, 0.3) is 10.9 Å². The number of carbonyl (C=O) groups is 1. The van der Waals surface area contributed by atoms with Gasteiger partial charge in [0.2, 0.25) is 5.91 Å². The summed E-state index contributed by atoms with van der Waals surface area (Å²) in [6, 6.07) is 8.72. The van der Waals surface area contributed by atoms with Crippen LogP contribution in [-0.2, 0) is 11.3 Å². The van der Waals surface area contributed by atoms with E-state index in [1.807, 2.05) is 0 Å². The van der Waals surface area contributed by atoms with Crippen molar-refractivity contribution in [3.63, 3.8) is 0 Å². The fourth-order valence-corrected chi connectivity index (χ4v) is 5.68. The van der Waals surface area contributed by atoms with Crippen LogP contribution < -0.4 is 4.90 Å². The van der Waals surface area contributed by atoms with Gasteiger partial charge in [-0.3, -0.25) is 4.79 Å². The summed E-state index contributed by atoms with van der Waals surface area (Å²) >= 11 is 1.73. The number of allylic oxidation sites excluding steroid dienone is 1. The van der Waals surface area contributed by atoms with Gasteiger partial charge in [0.05, 0.1) is 11.6 Å². The molecule has 0 bridgehead atoms. The first kappa shape index (κ1) is 23.7. The molecule has 3 aliphatic rings. The van der Waals surface area contributed by atoms with Crippen molar-refractivity contribution in [2.75, 3.05) is 30.8 Å². The number of fused-ring (bicyclic) bond motifs is 1. The van der Waals surface area contributed by atoms with Crippen molar-refractivity contribution < 1.29 is 9.90 Å². The number of carbonyl (C=O) groups excluding carboxylic acids is 1. The van der Waals surface area contributed by atoms with Crippen LogP contribution in [0.3, 0.4) is 0 Å². The highest BCUT2D eigenvalue weighted by Crippen LogP contribution is 2.34. The number of pyridine rings is 1. The molecule has 6 heteroatoms. The number of benzene rings is 1. The fraction of sp³-hybridized carbons (Fsp3) is 0.571. The van der Waals surface area contributed by atoms with Crippen LogP contribution in [-0.4, -0.2) is 52.9 Å². The standard InChI is InChI=1S/C28H37N3O2S/c1-34-25-10-9-22-17-23(27(29-26(22)18-25)30-15-12-24(32)13-16-30)19-31(28(33)21-7-8-21)14-11-20-5-3-2-4-6-20/h5,9-10,17-18,21,24,32H,2-4,6-8,11-16,19H2,1H3. The molecule has 2 aliphatic carbocycles. The van der Waals surface area contributed by atoms with Gasteiger partial charge in [-0.05, 0) is 82.2 Å². The molecule has 1 N–H and O–H groups in total. The number of aliphatic hydroxyl groups is 1. The average Bonchev–Trinajstić information content (AvgIpc) is 3.72. The first-order valence-corrected chi connectivity index (χ1v) is 14.2. The van der Waals surface area contributed by atoms with Gasteiger partial charge in [0.1, 0.15) is 5.82 Å². The van der Waals surface area contributed by atoms with Gasteiger partial charge >= 0.3 is 0 Å². The molecule has 0 radical (unpaired) electrons. The van der Waals surface area contributed by atoms with Gasteiger partial charge in [-0.25, -0.2) is 4.98 Å². The van der Waals surface area contributed by atoms with E-state index in [1.165, 1.54) is 36.2 Å². The number of aromatic nitrogens is 1. The minimum Gasteiger partial charge on any atom is -0.393 e. The average molecular weight is 480 g/mol. The second-order valence-corrected chi connectivity index (χ2v) is 11.0. The lowest BCUT2D eigenvalue weighted by atomic mass is 9.97. The van der Waals surface area contributed by atoms with Crippen LogP contribution in [0.1, 0.15) is 63.4 Å². The lowest BCUT2D eigenvalue weighted by Crippen LogP contribution is -2.38. The third-order valence-electron chi connectivity index (χ3n) is 7.53. The number of anilines is 1. The van der Waals surface area contributed by atoms with Crippen LogP contribution in [0.15, 0.2) is 40.8 Å². The van der Waals surface area contributed by atoms with E-state index in [2.05, 4.69) is 46.4 Å². The van der Waals surface area contributed by atoms with Crippen molar-refractivity contribution in [1.82, 2.24) is 9.88 Å². The summed E-state index contributed by atoms with van der Waals surface area (Å²) < 4.78 is 0. The largest absolute Gasteiger partial charge is 0.393 e. The van der Waals surface area contributed by atoms with Crippen molar-refractivity contribution in [2.45, 2.75) is 75.3 Å². The second-order valence-electron chi connectivity index (χ2n) is 10.1. The van der Waals surface area contributed by atoms with E-state index in [0.717, 1.165) is 74.0 Å². The Hall–Kier alpha value is -2.05. The maximum atomic E-state index is 13.3. The second kappa shape index (κ2) is 10.7. The smallest absolute Gasteiger partial charge is 0.225 e. The number of aliphatic hydroxyl groups excluding tert-OH is 1. The summed E-state index contributed by atoms with van der Waals surface area (Å²) in [5.41, 5.74) is 3.66. The summed E-state index contributed by atoms with van der Waals surface area (Å²) in [5.74, 6) is 1.52. The predicted octanol–water partition coefficient (Wildman–Crippen LogP) is 5.55. The van der Waals surface area contributed by atoms with Crippen LogP contribution in [0.5, 0.6) is 0 Å². The van der Waals surface area contributed by atoms with Gasteiger partial charge in [-0.2, -0.15) is 0 Å². The highest BCUT2D eigenvalue weighted by Gasteiger charge is 2.34. The predicted molar refractivity (Wildman–Crippen MR) is 140 cm³/mol. The zero-order chi connectivity index (χ0) is 23.5. The topological polar surface area (TPSA) is 56.7 Å². The lowest BCUT2D eigenvalue weighted by Gasteiger charge is -2.33. The van der Waals surface area contributed by atoms with Crippen molar-refractivity contribution in [1.29, 1.82) is 0 Å². The summed E-state index contributed by atoms with van der Waals surface area (Å²) in [4.78, 5) is 24.1. The molecule has 2 fully saturated rings. The summed E-state index contributed by atoms with van der Waals surface area (Å²) in [6.07, 6.45) is 13.8. The van der Waals surface area contributed by atoms with E-state index in [0.29, 0.717) is 12.5 Å². The number of hydrogen-bond donors (Lipinski definition) is 1. The van der Waals surface area contributed by atoms with E-state index in [4.69, 9.17) is 4.98 Å². The molecule has 2 heterocycles. The zero-order valence-corrected chi connectivity index (χ0v) is 21.2. The molecule has 2 aromatic rings. The molecule has 34 heavy (non-hydrogen) atoms. The van der Waals surface area contributed by atoms with E-state index in [1.54, 1.807) is 11.8 Å². The summed E-state index contributed by atoms with van der Waals surface area (Å²) in [6.45, 7) is 3.02. The van der Waals surface area contributed by atoms with E-state index < -0.39 is 0 Å². The monoisotopic (exact) mass is 479 g/mol. The Morgan fingerprint density at radius 3 is 2.71 bits per heavy atom. The molecule has 1 aromatic heterocycles. The van der Waals surface area contributed by atoms with Crippen LogP contribution >= 0.6 is 11.8 Å². The maximum absolute atomic E-state index is 13.3. The van der Waals surface area contributed by atoms with E-state index in [-0.39, 0.29) is 12.0 Å². The Bertz CT molecular complexity index is 1060. The normalized spacial score (nSPS) is 19.4. The van der Waals surface area contributed by atoms with E-state index in [9.17, 15) is 9.90 Å². The molecule has 1 aliphatic heterocycles. The molecular formula is C28H37N3O2S. The third-order valence-corrected chi connectivity index (χ3v) is 8.26. The number of piperidine rings is 1. The minimum absolute atomic E-state index is 0.214. The fourth-order valence-electron chi connectivity index (χ4n) is 5.25. The van der Waals surface area contributed by atoms with Crippen LogP contribution in [0.2, 0.25) is 0 Å². The SMILES string of the molecule is CSc1ccc2cc(CN(CCC3=CCCCC3)C(=O)C3CC3)c(N3CCC(O)CC3)nc2c1. The maximum Gasteiger partial charge on any atom is 0.225 e. The van der Waals surface area contributed by atoms with Gasteiger partial charge in [0.25, 0.3) is 0 Å². The summed E-state index contributed by atoms with van der Waals surface area (Å²) in [7, 11) is 0. The van der Waals surface area contributed by atoms with Crippen molar-refractivity contribution in [3.05, 3.63) is 41.5 Å². The first-order chi connectivity index (χ1) is 16.6.